The Morgan fingerprint density at radius 3 is 2.31 bits per heavy atom. The molecule has 0 atom stereocenters. The third-order valence-electron chi connectivity index (χ3n) is 6.78. The Kier molecular flexibility index (Phi) is 9.80. The summed E-state index contributed by atoms with van der Waals surface area (Å²) in [7, 11) is 1.51. The number of nitrogens with zero attached hydrogens (tertiary/aromatic N) is 2. The maximum absolute atomic E-state index is 13.8. The first-order valence-corrected chi connectivity index (χ1v) is 13.3. The predicted octanol–water partition coefficient (Wildman–Crippen LogP) is 5.83. The monoisotopic (exact) mass is 580 g/mol. The maximum Gasteiger partial charge on any atom is 0.416 e. The Hall–Kier alpha value is -4.44. The van der Waals surface area contributed by atoms with Crippen molar-refractivity contribution in [1.29, 1.82) is 0 Å². The van der Waals surface area contributed by atoms with Gasteiger partial charge in [0, 0.05) is 32.4 Å². The van der Waals surface area contributed by atoms with Gasteiger partial charge in [0.15, 0.2) is 5.43 Å². The van der Waals surface area contributed by atoms with E-state index in [0.717, 1.165) is 35.4 Å². The molecule has 0 bridgehead atoms. The number of benzene rings is 3. The van der Waals surface area contributed by atoms with Crippen LogP contribution in [0.3, 0.4) is 0 Å². The summed E-state index contributed by atoms with van der Waals surface area (Å²) in [4.78, 5) is 43.2. The Bertz CT molecular complexity index is 1580. The molecule has 0 saturated carbocycles. The summed E-state index contributed by atoms with van der Waals surface area (Å²) in [5, 5.41) is 0.401. The highest BCUT2D eigenvalue weighted by atomic mass is 19.4. The lowest BCUT2D eigenvalue weighted by Gasteiger charge is -2.28. The number of alkyl halides is 3. The zero-order chi connectivity index (χ0) is 30.3. The fraction of sp³-hybridized carbons (Fsp3) is 0.281. The van der Waals surface area contributed by atoms with Crippen LogP contribution in [0.2, 0.25) is 0 Å². The minimum absolute atomic E-state index is 0.0216. The molecule has 3 aromatic carbocycles. The SMILES string of the molecule is COCCCN(CC(=O)N(Cc1ccccc1)Cc1coc2ccc(C)cc2c1=O)C(=O)c1ccc(C(F)(F)F)cc1. The molecule has 42 heavy (non-hydrogen) atoms. The van der Waals surface area contributed by atoms with Crippen LogP contribution in [0.1, 0.15) is 39.0 Å². The lowest BCUT2D eigenvalue weighted by molar-refractivity contribution is -0.137. The first kappa shape index (κ1) is 30.5. The highest BCUT2D eigenvalue weighted by molar-refractivity contribution is 5.96. The van der Waals surface area contributed by atoms with Gasteiger partial charge in [-0.15, -0.1) is 0 Å². The third-order valence-corrected chi connectivity index (χ3v) is 6.78. The molecule has 0 fully saturated rings. The summed E-state index contributed by atoms with van der Waals surface area (Å²) in [5.41, 5.74) is 1.29. The van der Waals surface area contributed by atoms with E-state index in [2.05, 4.69) is 0 Å². The molecule has 0 N–H and O–H groups in total. The van der Waals surface area contributed by atoms with Crippen LogP contribution < -0.4 is 5.43 Å². The van der Waals surface area contributed by atoms with Crippen molar-refractivity contribution in [2.75, 3.05) is 26.8 Å². The van der Waals surface area contributed by atoms with Crippen LogP contribution in [0.15, 0.2) is 88.3 Å². The van der Waals surface area contributed by atoms with E-state index >= 15 is 0 Å². The molecule has 7 nitrogen and oxygen atoms in total. The van der Waals surface area contributed by atoms with E-state index in [1.807, 2.05) is 43.3 Å². The van der Waals surface area contributed by atoms with Gasteiger partial charge in [-0.2, -0.15) is 13.2 Å². The number of hydrogen-bond donors (Lipinski definition) is 0. The topological polar surface area (TPSA) is 80.1 Å². The van der Waals surface area contributed by atoms with Gasteiger partial charge in [0.2, 0.25) is 5.91 Å². The van der Waals surface area contributed by atoms with Gasteiger partial charge in [-0.3, -0.25) is 14.4 Å². The minimum atomic E-state index is -4.54. The van der Waals surface area contributed by atoms with Crippen molar-refractivity contribution in [1.82, 2.24) is 9.80 Å². The van der Waals surface area contributed by atoms with E-state index < -0.39 is 23.6 Å². The van der Waals surface area contributed by atoms with Gasteiger partial charge in [0.25, 0.3) is 5.91 Å². The normalized spacial score (nSPS) is 11.5. The summed E-state index contributed by atoms with van der Waals surface area (Å²) in [5.74, 6) is -1.03. The summed E-state index contributed by atoms with van der Waals surface area (Å²) >= 11 is 0. The molecule has 4 aromatic rings. The van der Waals surface area contributed by atoms with Gasteiger partial charge >= 0.3 is 6.18 Å². The predicted molar refractivity (Wildman–Crippen MR) is 152 cm³/mol. The van der Waals surface area contributed by atoms with Crippen LogP contribution in [-0.2, 0) is 28.8 Å². The van der Waals surface area contributed by atoms with Crippen LogP contribution in [0.4, 0.5) is 13.2 Å². The van der Waals surface area contributed by atoms with Gasteiger partial charge < -0.3 is 19.0 Å². The standard InChI is InChI=1S/C32H31F3N2O5/c1-22-9-14-28-27(17-22)30(39)25(21-42-28)19-37(18-23-7-4-3-5-8-23)29(38)20-36(15-6-16-41-2)31(40)24-10-12-26(13-11-24)32(33,34)35/h3-5,7-14,17,21H,6,15-16,18-20H2,1-2H3. The molecular weight excluding hydrogens is 549 g/mol. The van der Waals surface area contributed by atoms with Crippen LogP contribution in [0, 0.1) is 6.92 Å². The van der Waals surface area contributed by atoms with Crippen molar-refractivity contribution in [3.05, 3.63) is 117 Å². The number of fused-ring (bicyclic) bond motifs is 1. The molecule has 2 amide bonds. The number of amides is 2. The van der Waals surface area contributed by atoms with Crippen molar-refractivity contribution in [2.24, 2.45) is 0 Å². The molecule has 220 valence electrons. The molecule has 0 saturated heterocycles. The molecule has 0 radical (unpaired) electrons. The summed E-state index contributed by atoms with van der Waals surface area (Å²) in [6, 6.07) is 18.3. The second kappa shape index (κ2) is 13.5. The molecule has 1 aromatic heterocycles. The zero-order valence-corrected chi connectivity index (χ0v) is 23.3. The number of hydrogen-bond acceptors (Lipinski definition) is 5. The fourth-order valence-electron chi connectivity index (χ4n) is 4.54. The average Bonchev–Trinajstić information content (AvgIpc) is 2.97. The Labute approximate surface area is 241 Å². The van der Waals surface area contributed by atoms with E-state index in [1.54, 1.807) is 12.1 Å². The smallest absolute Gasteiger partial charge is 0.416 e. The van der Waals surface area contributed by atoms with Crippen molar-refractivity contribution >= 4 is 22.8 Å². The number of ether oxygens (including phenoxy) is 1. The largest absolute Gasteiger partial charge is 0.464 e. The number of halogens is 3. The van der Waals surface area contributed by atoms with E-state index in [9.17, 15) is 27.6 Å². The van der Waals surface area contributed by atoms with Crippen LogP contribution in [0.25, 0.3) is 11.0 Å². The van der Waals surface area contributed by atoms with Crippen LogP contribution in [0.5, 0.6) is 0 Å². The van der Waals surface area contributed by atoms with Crippen LogP contribution in [-0.4, -0.2) is 48.4 Å². The lowest BCUT2D eigenvalue weighted by atomic mass is 10.1. The first-order chi connectivity index (χ1) is 20.1. The summed E-state index contributed by atoms with van der Waals surface area (Å²) in [6.07, 6.45) is -2.79. The highest BCUT2D eigenvalue weighted by Gasteiger charge is 2.31. The number of methoxy groups -OCH3 is 1. The number of rotatable bonds is 11. The average molecular weight is 581 g/mol. The van der Waals surface area contributed by atoms with Gasteiger partial charge in [-0.25, -0.2) is 0 Å². The van der Waals surface area contributed by atoms with Crippen molar-refractivity contribution in [3.8, 4) is 0 Å². The van der Waals surface area contributed by atoms with Crippen molar-refractivity contribution in [3.63, 3.8) is 0 Å². The fourth-order valence-corrected chi connectivity index (χ4v) is 4.54. The number of aryl methyl sites for hydroxylation is 1. The molecule has 10 heteroatoms. The lowest BCUT2D eigenvalue weighted by Crippen LogP contribution is -2.43. The van der Waals surface area contributed by atoms with E-state index in [-0.39, 0.29) is 42.7 Å². The molecule has 1 heterocycles. The second-order valence-corrected chi connectivity index (χ2v) is 9.97. The van der Waals surface area contributed by atoms with Gasteiger partial charge in [0.1, 0.15) is 12.1 Å². The Morgan fingerprint density at radius 1 is 0.929 bits per heavy atom. The summed E-state index contributed by atoms with van der Waals surface area (Å²) in [6.45, 7) is 2.05. The molecule has 0 spiro atoms. The molecule has 0 aliphatic rings. The van der Waals surface area contributed by atoms with E-state index in [4.69, 9.17) is 9.15 Å². The molecule has 0 aliphatic heterocycles. The van der Waals surface area contributed by atoms with Crippen molar-refractivity contribution < 1.29 is 31.9 Å². The van der Waals surface area contributed by atoms with Crippen molar-refractivity contribution in [2.45, 2.75) is 32.6 Å². The maximum atomic E-state index is 13.8. The quantitative estimate of drug-likeness (QED) is 0.209. The molecular formula is C32H31F3N2O5. The first-order valence-electron chi connectivity index (χ1n) is 13.3. The number of carbonyl (C=O) groups excluding carboxylic acids is 2. The van der Waals surface area contributed by atoms with E-state index in [0.29, 0.717) is 24.0 Å². The molecule has 0 aliphatic carbocycles. The number of carbonyl (C=O) groups is 2. The Morgan fingerprint density at radius 2 is 1.64 bits per heavy atom. The Balaban J connectivity index is 1.62. The second-order valence-electron chi connectivity index (χ2n) is 9.97. The minimum Gasteiger partial charge on any atom is -0.464 e. The molecule has 0 unspecified atom stereocenters. The van der Waals surface area contributed by atoms with Gasteiger partial charge in [-0.05, 0) is 55.3 Å². The van der Waals surface area contributed by atoms with Gasteiger partial charge in [-0.1, -0.05) is 42.0 Å². The molecule has 4 rings (SSSR count). The van der Waals surface area contributed by atoms with Crippen LogP contribution >= 0.6 is 0 Å². The third kappa shape index (κ3) is 7.64. The van der Waals surface area contributed by atoms with Gasteiger partial charge in [0.05, 0.1) is 29.3 Å². The highest BCUT2D eigenvalue weighted by Crippen LogP contribution is 2.29. The summed E-state index contributed by atoms with van der Waals surface area (Å²) < 4.78 is 49.9. The zero-order valence-electron chi connectivity index (χ0n) is 23.3. The van der Waals surface area contributed by atoms with E-state index in [1.165, 1.54) is 23.2 Å².